The normalized spacial score (nSPS) is 24.4. The molecule has 0 aliphatic carbocycles. The van der Waals surface area contributed by atoms with Crippen molar-refractivity contribution in [2.24, 2.45) is 0 Å². The fraction of sp³-hybridized carbons (Fsp3) is 0.393. The Morgan fingerprint density at radius 2 is 2.00 bits per heavy atom. The monoisotopic (exact) mass is 483 g/mol. The zero-order chi connectivity index (χ0) is 22.9. The van der Waals surface area contributed by atoms with Crippen molar-refractivity contribution < 1.29 is 56.1 Å². The quantitative estimate of drug-likeness (QED) is 0.343. The Morgan fingerprint density at radius 3 is 2.74 bits per heavy atom. The third-order valence-electron chi connectivity index (χ3n) is 6.39. The zero-order valence-electron chi connectivity index (χ0n) is 20.7. The average molecular weight is 484 g/mol. The Labute approximate surface area is 248 Å². The van der Waals surface area contributed by atoms with Crippen LogP contribution in [0.15, 0.2) is 84.8 Å². The summed E-state index contributed by atoms with van der Waals surface area (Å²) in [5, 5.41) is 2.03. The fourth-order valence-corrected chi connectivity index (χ4v) is 4.68. The van der Waals surface area contributed by atoms with Crippen molar-refractivity contribution in [3.63, 3.8) is 0 Å². The van der Waals surface area contributed by atoms with Gasteiger partial charge in [-0.3, -0.25) is 5.43 Å². The van der Waals surface area contributed by atoms with Crippen LogP contribution in [0.5, 0.6) is 0 Å². The molecule has 1 aromatic rings. The Bertz CT molecular complexity index is 889. The molecule has 3 aliphatic heterocycles. The van der Waals surface area contributed by atoms with Crippen LogP contribution < -0.4 is 56.8 Å². The molecule has 0 radical (unpaired) electrons. The van der Waals surface area contributed by atoms with E-state index in [0.29, 0.717) is 5.92 Å². The van der Waals surface area contributed by atoms with E-state index in [-0.39, 0.29) is 57.4 Å². The molecule has 0 spiro atoms. The molecule has 2 fully saturated rings. The second-order valence-electron chi connectivity index (χ2n) is 8.66. The molecule has 3 heterocycles. The Kier molecular flexibility index (Phi) is 11.7. The van der Waals surface area contributed by atoms with Crippen LogP contribution in [-0.2, 0) is 4.74 Å². The van der Waals surface area contributed by atoms with Crippen LogP contribution in [0, 0.1) is 12.7 Å². The van der Waals surface area contributed by atoms with Crippen LogP contribution in [0.3, 0.4) is 0 Å². The Hall–Kier alpha value is -1.09. The zero-order valence-corrected chi connectivity index (χ0v) is 23.8. The molecule has 2 atom stereocenters. The van der Waals surface area contributed by atoms with Gasteiger partial charge in [-0.15, -0.1) is 6.08 Å². The summed E-state index contributed by atoms with van der Waals surface area (Å²) in [5.74, 6) is 1.70. The van der Waals surface area contributed by atoms with Crippen molar-refractivity contribution >= 4 is 0 Å². The number of nitrogens with zero attached hydrogens (tertiary/aromatic N) is 3. The van der Waals surface area contributed by atoms with Crippen molar-refractivity contribution in [3.8, 4) is 0 Å². The van der Waals surface area contributed by atoms with Gasteiger partial charge in [-0.1, -0.05) is 61.2 Å². The maximum absolute atomic E-state index is 5.61. The molecule has 1 N–H and O–H groups in total. The third-order valence-corrected chi connectivity index (χ3v) is 6.39. The van der Waals surface area contributed by atoms with Gasteiger partial charge < -0.3 is 19.5 Å². The summed E-state index contributed by atoms with van der Waals surface area (Å²) in [6, 6.07) is 11.0. The minimum Gasteiger partial charge on any atom is -0.434 e. The molecule has 5 nitrogen and oxygen atoms in total. The van der Waals surface area contributed by atoms with Gasteiger partial charge in [0, 0.05) is 13.1 Å². The molecular formula is C28H36KN4O-. The number of nitrogens with one attached hydrogen (secondary N) is 1. The first-order valence-electron chi connectivity index (χ1n) is 12.1. The summed E-state index contributed by atoms with van der Waals surface area (Å²) in [4.78, 5) is 4.84. The van der Waals surface area contributed by atoms with E-state index >= 15 is 0 Å². The predicted molar refractivity (Wildman–Crippen MR) is 134 cm³/mol. The summed E-state index contributed by atoms with van der Waals surface area (Å²) >= 11 is 0. The molecule has 4 rings (SSSR count). The van der Waals surface area contributed by atoms with Gasteiger partial charge in [0.2, 0.25) is 0 Å². The van der Waals surface area contributed by atoms with Crippen molar-refractivity contribution in [2.45, 2.75) is 31.7 Å². The number of likely N-dealkylation sites (tertiary alicyclic amines) is 1. The number of hydrogen-bond acceptors (Lipinski definition) is 5. The molecule has 6 heteroatoms. The largest absolute Gasteiger partial charge is 1.00 e. The molecule has 0 saturated carbocycles. The van der Waals surface area contributed by atoms with Crippen LogP contribution in [0.1, 0.15) is 31.2 Å². The van der Waals surface area contributed by atoms with Gasteiger partial charge in [-0.25, -0.2) is 0 Å². The number of hydrazine groups is 1. The summed E-state index contributed by atoms with van der Waals surface area (Å²) in [6.45, 7) is 13.6. The molecular weight excluding hydrogens is 447 g/mol. The van der Waals surface area contributed by atoms with Crippen LogP contribution in [0.25, 0.3) is 0 Å². The molecule has 3 aliphatic rings. The summed E-state index contributed by atoms with van der Waals surface area (Å²) in [6.07, 6.45) is 18.3. The second-order valence-corrected chi connectivity index (χ2v) is 8.66. The smallest absolute Gasteiger partial charge is 0.434 e. The van der Waals surface area contributed by atoms with E-state index in [1.54, 1.807) is 0 Å². The molecule has 0 aromatic heterocycles. The van der Waals surface area contributed by atoms with Gasteiger partial charge in [0.15, 0.2) is 0 Å². The average Bonchev–Trinajstić information content (AvgIpc) is 3.35. The van der Waals surface area contributed by atoms with Gasteiger partial charge in [0.05, 0.1) is 19.3 Å². The number of morpholine rings is 1. The maximum atomic E-state index is 5.61. The standard InChI is InChI=1S/C28H36N4O.K/c1-3-9-25(10-4-2)27-14-18-32(29-27)28(31-19-21-33-22-20-31)15-17-30-16-8-13-26(23-30)24-11-6-5-7-12-24;/h3-7,9-12,14-15,17,26-27,29H,1,8,13,16,19-23H2,2H3;/q-2;+1/b10-4-,25-9+,28-15-;. The first-order chi connectivity index (χ1) is 16.3. The fourth-order valence-electron chi connectivity index (χ4n) is 4.68. The molecule has 2 saturated heterocycles. The van der Waals surface area contributed by atoms with E-state index in [0.717, 1.165) is 50.8 Å². The number of piperidine rings is 1. The minimum absolute atomic E-state index is 0. The van der Waals surface area contributed by atoms with E-state index in [2.05, 4.69) is 89.2 Å². The van der Waals surface area contributed by atoms with Crippen LogP contribution >= 0.6 is 0 Å². The first kappa shape index (κ1) is 27.5. The van der Waals surface area contributed by atoms with E-state index < -0.39 is 0 Å². The maximum Gasteiger partial charge on any atom is 1.00 e. The number of benzene rings is 1. The van der Waals surface area contributed by atoms with Gasteiger partial charge in [0.25, 0.3) is 0 Å². The number of ether oxygens (including phenoxy) is 1. The Morgan fingerprint density at radius 1 is 1.21 bits per heavy atom. The van der Waals surface area contributed by atoms with Crippen molar-refractivity contribution in [1.82, 2.24) is 20.2 Å². The number of allylic oxidation sites excluding steroid dienone is 3. The van der Waals surface area contributed by atoms with Gasteiger partial charge in [-0.05, 0) is 55.7 Å². The van der Waals surface area contributed by atoms with Crippen LogP contribution in [0.4, 0.5) is 0 Å². The SMILES string of the molecule is C=C/C=C(\C=C/C)C1C=[C-]N(/C(=C\[CH-]N2CCCC(c3ccccc3)C2)N2CCOCC2)N1.[K+]. The van der Waals surface area contributed by atoms with Gasteiger partial charge >= 0.3 is 51.4 Å². The molecule has 0 bridgehead atoms. The summed E-state index contributed by atoms with van der Waals surface area (Å²) in [5.41, 5.74) is 6.20. The molecule has 0 amide bonds. The van der Waals surface area contributed by atoms with E-state index in [4.69, 9.17) is 4.74 Å². The second kappa shape index (κ2) is 14.5. The predicted octanol–water partition coefficient (Wildman–Crippen LogP) is 1.40. The third kappa shape index (κ3) is 7.45. The van der Waals surface area contributed by atoms with E-state index in [1.165, 1.54) is 18.4 Å². The Balaban J connectivity index is 0.00000324. The van der Waals surface area contributed by atoms with Gasteiger partial charge in [0.1, 0.15) is 0 Å². The molecule has 2 unspecified atom stereocenters. The van der Waals surface area contributed by atoms with E-state index in [9.17, 15) is 0 Å². The van der Waals surface area contributed by atoms with Crippen molar-refractivity contribution in [2.75, 3.05) is 39.4 Å². The molecule has 1 aromatic carbocycles. The van der Waals surface area contributed by atoms with Crippen molar-refractivity contribution in [3.05, 3.63) is 103 Å². The molecule has 34 heavy (non-hydrogen) atoms. The molecule has 176 valence electrons. The van der Waals surface area contributed by atoms with Gasteiger partial charge in [-0.2, -0.15) is 18.8 Å². The summed E-state index contributed by atoms with van der Waals surface area (Å²) in [7, 11) is 0. The van der Waals surface area contributed by atoms with E-state index in [1.807, 2.05) is 24.1 Å². The van der Waals surface area contributed by atoms with Crippen LogP contribution in [0.2, 0.25) is 0 Å². The first-order valence-corrected chi connectivity index (χ1v) is 12.1. The summed E-state index contributed by atoms with van der Waals surface area (Å²) < 4.78 is 5.61. The van der Waals surface area contributed by atoms with Crippen molar-refractivity contribution in [1.29, 1.82) is 0 Å². The number of rotatable bonds is 8. The topological polar surface area (TPSA) is 31.0 Å². The number of hydrogen-bond donors (Lipinski definition) is 1. The van der Waals surface area contributed by atoms with Crippen LogP contribution in [-0.4, -0.2) is 60.2 Å². The minimum atomic E-state index is 0.